The molecule has 0 radical (unpaired) electrons. The molecule has 6 heteroatoms. The van der Waals surface area contributed by atoms with Crippen LogP contribution in [0.25, 0.3) is 0 Å². The van der Waals surface area contributed by atoms with Gasteiger partial charge in [0.2, 0.25) is 0 Å². The summed E-state index contributed by atoms with van der Waals surface area (Å²) in [4.78, 5) is 23.0. The summed E-state index contributed by atoms with van der Waals surface area (Å²) < 4.78 is 0. The summed E-state index contributed by atoms with van der Waals surface area (Å²) in [5, 5.41) is 20.7. The van der Waals surface area contributed by atoms with E-state index in [1.807, 2.05) is 0 Å². The third-order valence-electron chi connectivity index (χ3n) is 2.68. The fraction of sp³-hybridized carbons (Fsp3) is 0.143. The van der Waals surface area contributed by atoms with Gasteiger partial charge in [0.25, 0.3) is 5.91 Å². The minimum absolute atomic E-state index is 0.147. The zero-order chi connectivity index (χ0) is 14.5. The van der Waals surface area contributed by atoms with Gasteiger partial charge in [0.1, 0.15) is 10.6 Å². The number of carbonyl (C=O) groups excluding carboxylic acids is 1. The van der Waals surface area contributed by atoms with Gasteiger partial charge >= 0.3 is 5.97 Å². The Kier molecular flexibility index (Phi) is 4.37. The molecule has 0 spiro atoms. The predicted octanol–water partition coefficient (Wildman–Crippen LogP) is 2.12. The number of thiophene rings is 1. The van der Waals surface area contributed by atoms with Crippen LogP contribution in [0.1, 0.15) is 24.9 Å². The van der Waals surface area contributed by atoms with Crippen molar-refractivity contribution in [1.29, 1.82) is 0 Å². The van der Waals surface area contributed by atoms with Crippen LogP contribution in [0.5, 0.6) is 5.75 Å². The maximum atomic E-state index is 11.8. The third kappa shape index (κ3) is 3.58. The first-order valence-electron chi connectivity index (χ1n) is 5.95. The standard InChI is InChI=1S/C14H13NO4S/c16-10-3-1-9(2-4-10)7-8-15-13(17)11-5-6-12(20-11)14(18)19/h1-6,16H,7-8H2,(H,15,17)(H,18,19). The van der Waals surface area contributed by atoms with E-state index in [0.717, 1.165) is 16.9 Å². The second-order valence-corrected chi connectivity index (χ2v) is 5.23. The first-order valence-corrected chi connectivity index (χ1v) is 6.77. The third-order valence-corrected chi connectivity index (χ3v) is 3.75. The average molecular weight is 291 g/mol. The van der Waals surface area contributed by atoms with Gasteiger partial charge in [-0.3, -0.25) is 4.79 Å². The molecule has 104 valence electrons. The molecule has 0 saturated heterocycles. The number of carbonyl (C=O) groups is 2. The van der Waals surface area contributed by atoms with E-state index >= 15 is 0 Å². The molecule has 2 rings (SSSR count). The van der Waals surface area contributed by atoms with Crippen LogP contribution in [0.2, 0.25) is 0 Å². The number of carboxylic acid groups (broad SMARTS) is 1. The Morgan fingerprint density at radius 1 is 1.05 bits per heavy atom. The lowest BCUT2D eigenvalue weighted by atomic mass is 10.1. The van der Waals surface area contributed by atoms with Crippen molar-refractivity contribution in [3.63, 3.8) is 0 Å². The van der Waals surface area contributed by atoms with E-state index in [9.17, 15) is 9.59 Å². The van der Waals surface area contributed by atoms with Crippen molar-refractivity contribution in [1.82, 2.24) is 5.32 Å². The quantitative estimate of drug-likeness (QED) is 0.787. The first-order chi connectivity index (χ1) is 9.56. The summed E-state index contributed by atoms with van der Waals surface area (Å²) in [7, 11) is 0. The second-order valence-electron chi connectivity index (χ2n) is 4.14. The molecule has 0 bridgehead atoms. The zero-order valence-electron chi connectivity index (χ0n) is 10.5. The van der Waals surface area contributed by atoms with E-state index in [0.29, 0.717) is 17.8 Å². The van der Waals surface area contributed by atoms with Crippen molar-refractivity contribution in [3.05, 3.63) is 51.7 Å². The van der Waals surface area contributed by atoms with E-state index in [1.165, 1.54) is 12.1 Å². The fourth-order valence-electron chi connectivity index (χ4n) is 1.64. The average Bonchev–Trinajstić information content (AvgIpc) is 2.91. The topological polar surface area (TPSA) is 86.6 Å². The van der Waals surface area contributed by atoms with Crippen LogP contribution in [0.4, 0.5) is 0 Å². The summed E-state index contributed by atoms with van der Waals surface area (Å²) >= 11 is 0.953. The van der Waals surface area contributed by atoms with Gasteiger partial charge in [-0.1, -0.05) is 12.1 Å². The Bertz CT molecular complexity index is 618. The predicted molar refractivity (Wildman–Crippen MR) is 75.4 cm³/mol. The van der Waals surface area contributed by atoms with Crippen LogP contribution >= 0.6 is 11.3 Å². The molecule has 5 nitrogen and oxygen atoms in total. The lowest BCUT2D eigenvalue weighted by Crippen LogP contribution is -2.24. The first kappa shape index (κ1) is 14.1. The molecule has 0 atom stereocenters. The molecule has 2 aromatic rings. The monoisotopic (exact) mass is 291 g/mol. The smallest absolute Gasteiger partial charge is 0.345 e. The number of phenolic OH excluding ortho intramolecular Hbond substituents is 1. The highest BCUT2D eigenvalue weighted by molar-refractivity contribution is 7.15. The molecule has 0 unspecified atom stereocenters. The van der Waals surface area contributed by atoms with Gasteiger partial charge < -0.3 is 15.5 Å². The molecule has 0 fully saturated rings. The number of hydrogen-bond donors (Lipinski definition) is 3. The Labute approximate surface area is 119 Å². The number of benzene rings is 1. The van der Waals surface area contributed by atoms with E-state index in [2.05, 4.69) is 5.32 Å². The number of aromatic carboxylic acids is 1. The number of aromatic hydroxyl groups is 1. The molecule has 1 amide bonds. The number of phenols is 1. The molecule has 1 heterocycles. The molecule has 0 aliphatic carbocycles. The molecule has 0 aliphatic heterocycles. The number of carboxylic acids is 1. The van der Waals surface area contributed by atoms with Crippen molar-refractivity contribution in [3.8, 4) is 5.75 Å². The van der Waals surface area contributed by atoms with E-state index < -0.39 is 5.97 Å². The van der Waals surface area contributed by atoms with Crippen molar-refractivity contribution in [2.24, 2.45) is 0 Å². The minimum atomic E-state index is -1.03. The lowest BCUT2D eigenvalue weighted by Gasteiger charge is -2.04. The Morgan fingerprint density at radius 2 is 1.70 bits per heavy atom. The summed E-state index contributed by atoms with van der Waals surface area (Å²) in [6.45, 7) is 0.448. The number of nitrogens with one attached hydrogen (secondary N) is 1. The Morgan fingerprint density at radius 3 is 2.30 bits per heavy atom. The van der Waals surface area contributed by atoms with Gasteiger partial charge in [0.15, 0.2) is 0 Å². The maximum absolute atomic E-state index is 11.8. The van der Waals surface area contributed by atoms with E-state index in [-0.39, 0.29) is 16.5 Å². The SMILES string of the molecule is O=C(O)c1ccc(C(=O)NCCc2ccc(O)cc2)s1. The number of hydrogen-bond acceptors (Lipinski definition) is 4. The molecule has 0 saturated carbocycles. The van der Waals surface area contributed by atoms with Gasteiger partial charge in [0, 0.05) is 6.54 Å². The van der Waals surface area contributed by atoms with Crippen LogP contribution in [0.3, 0.4) is 0 Å². The van der Waals surface area contributed by atoms with Gasteiger partial charge in [-0.05, 0) is 36.2 Å². The Hall–Kier alpha value is -2.34. The maximum Gasteiger partial charge on any atom is 0.345 e. The van der Waals surface area contributed by atoms with Crippen LogP contribution in [-0.4, -0.2) is 28.6 Å². The molecular formula is C14H13NO4S. The van der Waals surface area contributed by atoms with Crippen molar-refractivity contribution in [2.75, 3.05) is 6.54 Å². The highest BCUT2D eigenvalue weighted by Gasteiger charge is 2.12. The normalized spacial score (nSPS) is 10.2. The summed E-state index contributed by atoms with van der Waals surface area (Å²) in [6.07, 6.45) is 0.642. The zero-order valence-corrected chi connectivity index (χ0v) is 11.3. The summed E-state index contributed by atoms with van der Waals surface area (Å²) in [5.41, 5.74) is 1.00. The molecule has 3 N–H and O–H groups in total. The van der Waals surface area contributed by atoms with Crippen molar-refractivity contribution < 1.29 is 19.8 Å². The Balaban J connectivity index is 1.85. The van der Waals surface area contributed by atoms with Gasteiger partial charge in [0.05, 0.1) is 4.88 Å². The van der Waals surface area contributed by atoms with Crippen LogP contribution in [0, 0.1) is 0 Å². The number of rotatable bonds is 5. The summed E-state index contributed by atoms with van der Waals surface area (Å²) in [6, 6.07) is 9.68. The molecule has 20 heavy (non-hydrogen) atoms. The van der Waals surface area contributed by atoms with Gasteiger partial charge in [-0.25, -0.2) is 4.79 Å². The highest BCUT2D eigenvalue weighted by atomic mass is 32.1. The van der Waals surface area contributed by atoms with Crippen LogP contribution in [-0.2, 0) is 6.42 Å². The largest absolute Gasteiger partial charge is 0.508 e. The van der Waals surface area contributed by atoms with Crippen LogP contribution in [0.15, 0.2) is 36.4 Å². The molecular weight excluding hydrogens is 278 g/mol. The molecule has 0 aliphatic rings. The van der Waals surface area contributed by atoms with Gasteiger partial charge in [-0.15, -0.1) is 11.3 Å². The lowest BCUT2D eigenvalue weighted by molar-refractivity contribution is 0.0702. The molecule has 1 aromatic carbocycles. The van der Waals surface area contributed by atoms with Crippen molar-refractivity contribution in [2.45, 2.75) is 6.42 Å². The van der Waals surface area contributed by atoms with Crippen LogP contribution < -0.4 is 5.32 Å². The fourth-order valence-corrected chi connectivity index (χ4v) is 2.41. The van der Waals surface area contributed by atoms with E-state index in [1.54, 1.807) is 24.3 Å². The highest BCUT2D eigenvalue weighted by Crippen LogP contribution is 2.16. The van der Waals surface area contributed by atoms with E-state index in [4.69, 9.17) is 10.2 Å². The number of amides is 1. The molecule has 1 aromatic heterocycles. The summed E-state index contributed by atoms with van der Waals surface area (Å²) in [5.74, 6) is -1.10. The van der Waals surface area contributed by atoms with Crippen molar-refractivity contribution >= 4 is 23.2 Å². The minimum Gasteiger partial charge on any atom is -0.508 e. The van der Waals surface area contributed by atoms with Gasteiger partial charge in [-0.2, -0.15) is 0 Å². The second kappa shape index (κ2) is 6.21.